The van der Waals surface area contributed by atoms with Crippen molar-refractivity contribution in [2.45, 2.75) is 13.3 Å². The molecule has 0 spiro atoms. The smallest absolute Gasteiger partial charge is 0.0127 e. The fourth-order valence-corrected chi connectivity index (χ4v) is 1.14. The van der Waals surface area contributed by atoms with Crippen LogP contribution in [-0.4, -0.2) is 0 Å². The molecule has 0 aromatic heterocycles. The summed E-state index contributed by atoms with van der Waals surface area (Å²) in [6, 6.07) is 0. The van der Waals surface area contributed by atoms with E-state index in [0.717, 1.165) is 6.42 Å². The van der Waals surface area contributed by atoms with Gasteiger partial charge >= 0.3 is 0 Å². The Labute approximate surface area is 69.5 Å². The third-order valence-electron chi connectivity index (χ3n) is 1.24. The van der Waals surface area contributed by atoms with Crippen LogP contribution < -0.4 is 0 Å². The molecular formula is C8H9I. The number of allylic oxidation sites excluding steroid dienone is 6. The fraction of sp³-hybridized carbons (Fsp3) is 0.250. The van der Waals surface area contributed by atoms with Crippen LogP contribution in [0.2, 0.25) is 0 Å². The molecular weight excluding hydrogens is 223 g/mol. The summed E-state index contributed by atoms with van der Waals surface area (Å²) in [4.78, 5) is 0. The molecule has 0 saturated heterocycles. The second-order valence-electron chi connectivity index (χ2n) is 2.17. The number of hydrogen-bond donors (Lipinski definition) is 0. The van der Waals surface area contributed by atoms with Gasteiger partial charge in [-0.25, -0.2) is 0 Å². The van der Waals surface area contributed by atoms with Gasteiger partial charge in [0.1, 0.15) is 0 Å². The monoisotopic (exact) mass is 232 g/mol. The first-order chi connectivity index (χ1) is 4.29. The van der Waals surface area contributed by atoms with E-state index in [1.807, 2.05) is 0 Å². The highest BCUT2D eigenvalue weighted by molar-refractivity contribution is 14.1. The van der Waals surface area contributed by atoms with Crippen LogP contribution in [0.5, 0.6) is 0 Å². The van der Waals surface area contributed by atoms with Crippen LogP contribution >= 0.6 is 22.6 Å². The van der Waals surface area contributed by atoms with E-state index in [1.54, 1.807) is 0 Å². The number of rotatable bonds is 0. The summed E-state index contributed by atoms with van der Waals surface area (Å²) in [7, 11) is 0. The van der Waals surface area contributed by atoms with Gasteiger partial charge in [0, 0.05) is 3.58 Å². The molecule has 1 aliphatic carbocycles. The number of hydrogen-bond acceptors (Lipinski definition) is 0. The highest BCUT2D eigenvalue weighted by Gasteiger charge is 1.89. The molecule has 0 aliphatic heterocycles. The molecule has 0 atom stereocenters. The molecule has 0 aromatic carbocycles. The summed E-state index contributed by atoms with van der Waals surface area (Å²) in [5, 5.41) is 0. The fourth-order valence-electron chi connectivity index (χ4n) is 0.703. The Hall–Kier alpha value is -0.0500. The van der Waals surface area contributed by atoms with Crippen LogP contribution in [0.4, 0.5) is 0 Å². The molecule has 0 aromatic rings. The molecule has 1 heteroatoms. The zero-order valence-electron chi connectivity index (χ0n) is 5.39. The lowest BCUT2D eigenvalue weighted by atomic mass is 10.2. The van der Waals surface area contributed by atoms with Gasteiger partial charge in [-0.05, 0) is 42.0 Å². The first-order valence-corrected chi connectivity index (χ1v) is 4.06. The maximum absolute atomic E-state index is 2.32. The third-order valence-corrected chi connectivity index (χ3v) is 1.96. The third kappa shape index (κ3) is 2.35. The lowest BCUT2D eigenvalue weighted by molar-refractivity contribution is 1.22. The van der Waals surface area contributed by atoms with Crippen LogP contribution in [0.3, 0.4) is 0 Å². The predicted octanol–water partition coefficient (Wildman–Crippen LogP) is 3.21. The Morgan fingerprint density at radius 1 is 1.44 bits per heavy atom. The zero-order valence-corrected chi connectivity index (χ0v) is 7.55. The van der Waals surface area contributed by atoms with Crippen LogP contribution in [0.1, 0.15) is 13.3 Å². The summed E-state index contributed by atoms with van der Waals surface area (Å²) >= 11 is 2.32. The van der Waals surface area contributed by atoms with E-state index < -0.39 is 0 Å². The predicted molar refractivity (Wildman–Crippen MR) is 49.6 cm³/mol. The molecule has 9 heavy (non-hydrogen) atoms. The van der Waals surface area contributed by atoms with Crippen molar-refractivity contribution in [3.8, 4) is 0 Å². The maximum Gasteiger partial charge on any atom is 0.0127 e. The Morgan fingerprint density at radius 2 is 2.22 bits per heavy atom. The average molecular weight is 232 g/mol. The van der Waals surface area contributed by atoms with Crippen LogP contribution in [-0.2, 0) is 0 Å². The molecule has 0 unspecified atom stereocenters. The molecule has 0 radical (unpaired) electrons. The van der Waals surface area contributed by atoms with E-state index in [4.69, 9.17) is 0 Å². The van der Waals surface area contributed by atoms with Crippen molar-refractivity contribution >= 4 is 22.6 Å². The van der Waals surface area contributed by atoms with Crippen LogP contribution in [0, 0.1) is 0 Å². The van der Waals surface area contributed by atoms with E-state index >= 15 is 0 Å². The summed E-state index contributed by atoms with van der Waals surface area (Å²) in [5.74, 6) is 0. The summed E-state index contributed by atoms with van der Waals surface area (Å²) in [6.45, 7) is 2.15. The topological polar surface area (TPSA) is 0 Å². The van der Waals surface area contributed by atoms with Gasteiger partial charge in [-0.3, -0.25) is 0 Å². The minimum atomic E-state index is 1.10. The largest absolute Gasteiger partial charge is 0.0794 e. The molecule has 0 nitrogen and oxygen atoms in total. The van der Waals surface area contributed by atoms with Gasteiger partial charge in [0.25, 0.3) is 0 Å². The quantitative estimate of drug-likeness (QED) is 0.562. The molecule has 0 bridgehead atoms. The van der Waals surface area contributed by atoms with E-state index in [1.165, 1.54) is 9.15 Å². The van der Waals surface area contributed by atoms with Crippen molar-refractivity contribution in [3.05, 3.63) is 33.5 Å². The SMILES string of the molecule is CC1=CC=C(I)C=CC1. The number of halogens is 1. The Balaban J connectivity index is 2.80. The second kappa shape index (κ2) is 3.20. The zero-order chi connectivity index (χ0) is 6.69. The van der Waals surface area contributed by atoms with Crippen molar-refractivity contribution in [1.82, 2.24) is 0 Å². The highest BCUT2D eigenvalue weighted by atomic mass is 127. The minimum Gasteiger partial charge on any atom is -0.0794 e. The second-order valence-corrected chi connectivity index (χ2v) is 3.42. The average Bonchev–Trinajstić information content (AvgIpc) is 1.97. The standard InChI is InChI=1S/C8H9I/c1-7-3-2-4-8(9)6-5-7/h2,4-6H,3H2,1H3. The summed E-state index contributed by atoms with van der Waals surface area (Å²) in [5.41, 5.74) is 1.43. The van der Waals surface area contributed by atoms with Gasteiger partial charge in [-0.2, -0.15) is 0 Å². The van der Waals surface area contributed by atoms with Gasteiger partial charge in [-0.1, -0.05) is 23.8 Å². The van der Waals surface area contributed by atoms with E-state index in [-0.39, 0.29) is 0 Å². The minimum absolute atomic E-state index is 1.10. The maximum atomic E-state index is 2.32. The molecule has 1 aliphatic rings. The van der Waals surface area contributed by atoms with Gasteiger partial charge in [0.15, 0.2) is 0 Å². The molecule has 0 amide bonds. The van der Waals surface area contributed by atoms with Gasteiger partial charge < -0.3 is 0 Å². The van der Waals surface area contributed by atoms with Crippen molar-refractivity contribution in [2.24, 2.45) is 0 Å². The Bertz CT molecular complexity index is 185. The van der Waals surface area contributed by atoms with Gasteiger partial charge in [0.05, 0.1) is 0 Å². The first kappa shape index (κ1) is 7.06. The van der Waals surface area contributed by atoms with E-state index in [9.17, 15) is 0 Å². The molecule has 0 saturated carbocycles. The van der Waals surface area contributed by atoms with E-state index in [0.29, 0.717) is 0 Å². The summed E-state index contributed by atoms with van der Waals surface area (Å²) in [6.07, 6.45) is 9.74. The van der Waals surface area contributed by atoms with Gasteiger partial charge in [0.2, 0.25) is 0 Å². The first-order valence-electron chi connectivity index (χ1n) is 2.98. The highest BCUT2D eigenvalue weighted by Crippen LogP contribution is 2.14. The molecule has 0 heterocycles. The van der Waals surface area contributed by atoms with Crippen molar-refractivity contribution in [3.63, 3.8) is 0 Å². The normalized spacial score (nSPS) is 18.4. The Kier molecular flexibility index (Phi) is 2.51. The van der Waals surface area contributed by atoms with Crippen LogP contribution in [0.25, 0.3) is 0 Å². The summed E-state index contributed by atoms with van der Waals surface area (Å²) < 4.78 is 1.31. The lowest BCUT2D eigenvalue weighted by Crippen LogP contribution is -1.66. The molecule has 0 N–H and O–H groups in total. The van der Waals surface area contributed by atoms with Crippen molar-refractivity contribution in [1.29, 1.82) is 0 Å². The van der Waals surface area contributed by atoms with E-state index in [2.05, 4.69) is 53.8 Å². The molecule has 0 fully saturated rings. The van der Waals surface area contributed by atoms with Crippen molar-refractivity contribution in [2.75, 3.05) is 0 Å². The van der Waals surface area contributed by atoms with Gasteiger partial charge in [-0.15, -0.1) is 0 Å². The van der Waals surface area contributed by atoms with Crippen LogP contribution in [0.15, 0.2) is 33.5 Å². The lowest BCUT2D eigenvalue weighted by Gasteiger charge is -1.86. The molecule has 48 valence electrons. The Morgan fingerprint density at radius 3 is 3.00 bits per heavy atom. The van der Waals surface area contributed by atoms with Crippen molar-refractivity contribution < 1.29 is 0 Å². The molecule has 1 rings (SSSR count).